The molecule has 0 rings (SSSR count). The van der Waals surface area contributed by atoms with Gasteiger partial charge in [0.1, 0.15) is 0 Å². The van der Waals surface area contributed by atoms with Crippen LogP contribution in [0.15, 0.2) is 0 Å². The zero-order valence-electron chi connectivity index (χ0n) is 27.6. The quantitative estimate of drug-likeness (QED) is 0.0845. The van der Waals surface area contributed by atoms with Gasteiger partial charge in [0.25, 0.3) is 0 Å². The highest BCUT2D eigenvalue weighted by Crippen LogP contribution is 2.44. The zero-order chi connectivity index (χ0) is 28.9. The number of carboxylic acid groups (broad SMARTS) is 1. The average Bonchev–Trinajstić information content (AvgIpc) is 2.93. The maximum atomic E-state index is 12.8. The topological polar surface area (TPSA) is 37.3 Å². The first kappa shape index (κ1) is 38.5. The number of hydrogen-bond donors (Lipinski definition) is 1. The predicted octanol–water partition coefficient (Wildman–Crippen LogP) is 13.5. The molecule has 0 amide bonds. The van der Waals surface area contributed by atoms with Crippen LogP contribution in [0.2, 0.25) is 0 Å². The van der Waals surface area contributed by atoms with E-state index in [0.717, 1.165) is 44.9 Å². The molecular formula is C37H74O2. The average molecular weight is 551 g/mol. The van der Waals surface area contributed by atoms with E-state index in [2.05, 4.69) is 27.7 Å². The number of rotatable bonds is 32. The normalized spacial score (nSPS) is 13.9. The lowest BCUT2D eigenvalue weighted by molar-refractivity contribution is -0.155. The molecular weight excluding hydrogens is 476 g/mol. The molecule has 0 heterocycles. The molecule has 0 fully saturated rings. The molecule has 0 bridgehead atoms. The van der Waals surface area contributed by atoms with Gasteiger partial charge in [0.05, 0.1) is 5.41 Å². The fourth-order valence-corrected chi connectivity index (χ4v) is 6.93. The van der Waals surface area contributed by atoms with E-state index < -0.39 is 11.4 Å². The lowest BCUT2D eigenvalue weighted by atomic mass is 9.65. The summed E-state index contributed by atoms with van der Waals surface area (Å²) in [6.45, 7) is 9.01. The molecule has 0 spiro atoms. The summed E-state index contributed by atoms with van der Waals surface area (Å²) in [5.74, 6) is -0.139. The molecule has 2 nitrogen and oxygen atoms in total. The van der Waals surface area contributed by atoms with Gasteiger partial charge in [0.2, 0.25) is 0 Å². The lowest BCUT2D eigenvalue weighted by Gasteiger charge is -2.38. The van der Waals surface area contributed by atoms with E-state index >= 15 is 0 Å². The van der Waals surface area contributed by atoms with E-state index in [4.69, 9.17) is 0 Å². The highest BCUT2D eigenvalue weighted by molar-refractivity contribution is 5.75. The van der Waals surface area contributed by atoms with Crippen LogP contribution in [0.4, 0.5) is 0 Å². The molecule has 0 aromatic heterocycles. The van der Waals surface area contributed by atoms with Crippen LogP contribution in [0.3, 0.4) is 0 Å². The van der Waals surface area contributed by atoms with Crippen molar-refractivity contribution in [3.05, 3.63) is 0 Å². The Balaban J connectivity index is 4.30. The van der Waals surface area contributed by atoms with Gasteiger partial charge in [0.15, 0.2) is 0 Å². The molecule has 234 valence electrons. The van der Waals surface area contributed by atoms with Gasteiger partial charge in [-0.15, -0.1) is 0 Å². The van der Waals surface area contributed by atoms with Gasteiger partial charge in [-0.3, -0.25) is 4.79 Å². The van der Waals surface area contributed by atoms with E-state index in [-0.39, 0.29) is 0 Å². The van der Waals surface area contributed by atoms with Crippen LogP contribution in [0, 0.1) is 11.3 Å². The van der Waals surface area contributed by atoms with E-state index in [1.807, 2.05) is 0 Å². The van der Waals surface area contributed by atoms with E-state index in [1.54, 1.807) is 0 Å². The van der Waals surface area contributed by atoms with Crippen molar-refractivity contribution in [2.45, 2.75) is 220 Å². The van der Waals surface area contributed by atoms with Crippen LogP contribution in [0.25, 0.3) is 0 Å². The third-order valence-corrected chi connectivity index (χ3v) is 9.42. The summed E-state index contributed by atoms with van der Waals surface area (Å²) >= 11 is 0. The minimum atomic E-state index is -0.496. The van der Waals surface area contributed by atoms with Gasteiger partial charge in [-0.2, -0.15) is 0 Å². The summed E-state index contributed by atoms with van der Waals surface area (Å²) in [4.78, 5) is 12.8. The van der Waals surface area contributed by atoms with Crippen molar-refractivity contribution >= 4 is 5.97 Å². The molecule has 2 unspecified atom stereocenters. The van der Waals surface area contributed by atoms with Crippen molar-refractivity contribution in [2.24, 2.45) is 11.3 Å². The summed E-state index contributed by atoms with van der Waals surface area (Å²) < 4.78 is 0. The third-order valence-electron chi connectivity index (χ3n) is 9.42. The van der Waals surface area contributed by atoms with E-state index in [1.165, 1.54) is 148 Å². The molecule has 39 heavy (non-hydrogen) atoms. The largest absolute Gasteiger partial charge is 0.481 e. The molecule has 0 saturated heterocycles. The summed E-state index contributed by atoms with van der Waals surface area (Å²) in [6.07, 6.45) is 38.6. The van der Waals surface area contributed by atoms with Crippen molar-refractivity contribution in [3.8, 4) is 0 Å². The van der Waals surface area contributed by atoms with Gasteiger partial charge >= 0.3 is 5.97 Å². The molecule has 0 aromatic carbocycles. The Kier molecular flexibility index (Phi) is 28.6. The minimum Gasteiger partial charge on any atom is -0.481 e. The standard InChI is InChI=1S/C37H74O2/c1-5-9-11-13-15-17-19-20-21-23-25-27-29-32-35(31-7-3)37(33-8-4,36(38)39)34-30-28-26-24-22-18-16-14-12-10-6-2/h35H,5-34H2,1-4H3,(H,38,39). The molecule has 0 aliphatic rings. The maximum Gasteiger partial charge on any atom is 0.309 e. The van der Waals surface area contributed by atoms with Crippen LogP contribution in [0.1, 0.15) is 220 Å². The van der Waals surface area contributed by atoms with Crippen molar-refractivity contribution in [2.75, 3.05) is 0 Å². The Morgan fingerprint density at radius 3 is 1.13 bits per heavy atom. The van der Waals surface area contributed by atoms with Gasteiger partial charge in [-0.05, 0) is 31.6 Å². The highest BCUT2D eigenvalue weighted by Gasteiger charge is 2.43. The SMILES string of the molecule is CCCCCCCCCCCCCCCC(CCC)C(CCC)(CCCCCCCCCCCCC)C(=O)O. The van der Waals surface area contributed by atoms with Crippen LogP contribution in [0.5, 0.6) is 0 Å². The first-order chi connectivity index (χ1) is 19.1. The van der Waals surface area contributed by atoms with Crippen molar-refractivity contribution < 1.29 is 9.90 Å². The Hall–Kier alpha value is -0.530. The van der Waals surface area contributed by atoms with Gasteiger partial charge < -0.3 is 5.11 Å². The van der Waals surface area contributed by atoms with Gasteiger partial charge in [-0.25, -0.2) is 0 Å². The summed E-state index contributed by atoms with van der Waals surface area (Å²) in [5, 5.41) is 10.5. The molecule has 2 heteroatoms. The second kappa shape index (κ2) is 29.0. The highest BCUT2D eigenvalue weighted by atomic mass is 16.4. The van der Waals surface area contributed by atoms with Crippen molar-refractivity contribution in [1.29, 1.82) is 0 Å². The monoisotopic (exact) mass is 551 g/mol. The van der Waals surface area contributed by atoms with Gasteiger partial charge in [0, 0.05) is 0 Å². The first-order valence-corrected chi connectivity index (χ1v) is 18.3. The third kappa shape index (κ3) is 20.9. The Morgan fingerprint density at radius 2 is 0.795 bits per heavy atom. The molecule has 2 atom stereocenters. The maximum absolute atomic E-state index is 12.8. The zero-order valence-corrected chi connectivity index (χ0v) is 27.6. The molecule has 0 aliphatic carbocycles. The second-order valence-electron chi connectivity index (χ2n) is 13.0. The van der Waals surface area contributed by atoms with Crippen LogP contribution in [-0.2, 0) is 4.79 Å². The molecule has 0 aromatic rings. The number of carbonyl (C=O) groups is 1. The van der Waals surface area contributed by atoms with Crippen LogP contribution in [-0.4, -0.2) is 11.1 Å². The Morgan fingerprint density at radius 1 is 0.436 bits per heavy atom. The fraction of sp³-hybridized carbons (Fsp3) is 0.973. The fourth-order valence-electron chi connectivity index (χ4n) is 6.93. The molecule has 1 N–H and O–H groups in total. The first-order valence-electron chi connectivity index (χ1n) is 18.3. The molecule has 0 radical (unpaired) electrons. The van der Waals surface area contributed by atoms with Crippen molar-refractivity contribution in [3.63, 3.8) is 0 Å². The van der Waals surface area contributed by atoms with E-state index in [9.17, 15) is 9.90 Å². The molecule has 0 aliphatic heterocycles. The van der Waals surface area contributed by atoms with E-state index in [0.29, 0.717) is 5.92 Å². The second-order valence-corrected chi connectivity index (χ2v) is 13.0. The predicted molar refractivity (Wildman–Crippen MR) is 175 cm³/mol. The number of aliphatic carboxylic acids is 1. The number of unbranched alkanes of at least 4 members (excludes halogenated alkanes) is 22. The summed E-state index contributed by atoms with van der Waals surface area (Å²) in [7, 11) is 0. The Labute approximate surface area is 247 Å². The number of hydrogen-bond acceptors (Lipinski definition) is 1. The number of carboxylic acids is 1. The Bertz CT molecular complexity index is 502. The summed E-state index contributed by atoms with van der Waals surface area (Å²) in [5.41, 5.74) is -0.485. The van der Waals surface area contributed by atoms with Gasteiger partial charge in [-0.1, -0.05) is 195 Å². The lowest BCUT2D eigenvalue weighted by Crippen LogP contribution is -2.39. The van der Waals surface area contributed by atoms with Crippen molar-refractivity contribution in [1.82, 2.24) is 0 Å². The summed E-state index contributed by atoms with van der Waals surface area (Å²) in [6, 6.07) is 0. The van der Waals surface area contributed by atoms with Crippen LogP contribution < -0.4 is 0 Å². The minimum absolute atomic E-state index is 0.357. The smallest absolute Gasteiger partial charge is 0.309 e. The van der Waals surface area contributed by atoms with Crippen LogP contribution >= 0.6 is 0 Å². The molecule has 0 saturated carbocycles.